The summed E-state index contributed by atoms with van der Waals surface area (Å²) in [6, 6.07) is 17.2. The third kappa shape index (κ3) is 14.1. The molecule has 1 saturated carbocycles. The maximum atomic E-state index is 10.4. The van der Waals surface area contributed by atoms with E-state index in [4.69, 9.17) is 10.7 Å². The number of aliphatic imine (C=N–C) groups is 1. The van der Waals surface area contributed by atoms with Crippen molar-refractivity contribution >= 4 is 5.84 Å². The number of rotatable bonds is 9. The molecule has 0 radical (unpaired) electrons. The van der Waals surface area contributed by atoms with Crippen molar-refractivity contribution in [3.8, 4) is 11.8 Å². The van der Waals surface area contributed by atoms with Gasteiger partial charge in [-0.2, -0.15) is 13.2 Å². The smallest absolute Gasteiger partial charge is 0.368 e. The minimum absolute atomic E-state index is 0.188. The van der Waals surface area contributed by atoms with Crippen LogP contribution in [0.15, 0.2) is 77.6 Å². The first-order chi connectivity index (χ1) is 19.5. The molecule has 2 aromatic rings. The van der Waals surface area contributed by atoms with E-state index in [9.17, 15) is 13.2 Å². The second-order valence-corrected chi connectivity index (χ2v) is 10.5. The van der Waals surface area contributed by atoms with Gasteiger partial charge in [-0.05, 0) is 75.1 Å². The van der Waals surface area contributed by atoms with Gasteiger partial charge in [0.15, 0.2) is 0 Å². The summed E-state index contributed by atoms with van der Waals surface area (Å²) in [5.74, 6) is 8.68. The molecule has 222 valence electrons. The molecule has 0 atom stereocenters. The van der Waals surface area contributed by atoms with Crippen LogP contribution in [0.2, 0.25) is 0 Å². The van der Waals surface area contributed by atoms with Crippen LogP contribution in [0.3, 0.4) is 0 Å². The number of nitrogens with zero attached hydrogens (tertiary/aromatic N) is 1. The molecule has 1 aliphatic rings. The van der Waals surface area contributed by atoms with Crippen molar-refractivity contribution in [1.29, 1.82) is 0 Å². The lowest BCUT2D eigenvalue weighted by Crippen LogP contribution is -2.33. The maximum absolute atomic E-state index is 10.4. The number of hydrogen-bond donors (Lipinski definition) is 3. The Balaban J connectivity index is 0.00000108. The van der Waals surface area contributed by atoms with Gasteiger partial charge in [0.2, 0.25) is 0 Å². The van der Waals surface area contributed by atoms with E-state index in [0.29, 0.717) is 12.0 Å². The summed E-state index contributed by atoms with van der Waals surface area (Å²) >= 11 is 0. The molecular weight excluding hydrogens is 521 g/mol. The maximum Gasteiger partial charge on any atom is 0.386 e. The summed E-state index contributed by atoms with van der Waals surface area (Å²) in [6.45, 7) is 12.2. The van der Waals surface area contributed by atoms with E-state index >= 15 is 0 Å². The molecule has 1 fully saturated rings. The van der Waals surface area contributed by atoms with Crippen LogP contribution in [0, 0.1) is 24.7 Å². The minimum Gasteiger partial charge on any atom is -0.368 e. The van der Waals surface area contributed by atoms with Crippen LogP contribution in [-0.4, -0.2) is 24.6 Å². The molecule has 0 spiro atoms. The van der Waals surface area contributed by atoms with Crippen LogP contribution in [0.25, 0.3) is 0 Å². The van der Waals surface area contributed by atoms with E-state index in [1.165, 1.54) is 16.7 Å². The van der Waals surface area contributed by atoms with E-state index in [1.54, 1.807) is 0 Å². The van der Waals surface area contributed by atoms with Gasteiger partial charge < -0.3 is 16.4 Å². The summed E-state index contributed by atoms with van der Waals surface area (Å²) in [5, 5.41) is 6.89. The van der Waals surface area contributed by atoms with Gasteiger partial charge in [-0.3, -0.25) is 4.99 Å². The zero-order chi connectivity index (χ0) is 30.3. The molecule has 0 saturated heterocycles. The van der Waals surface area contributed by atoms with E-state index < -0.39 is 6.18 Å². The SMILES string of the molecule is C=C(NCc1ccccc1CCC)NC(=NCC1CCC(N)CC1)/C(C#Cc1ccc(C)cc1)=C\C.CC(F)(F)F. The molecule has 41 heavy (non-hydrogen) atoms. The van der Waals surface area contributed by atoms with Gasteiger partial charge in [0.25, 0.3) is 0 Å². The zero-order valence-corrected chi connectivity index (χ0v) is 24.9. The Morgan fingerprint density at radius 1 is 1.07 bits per heavy atom. The number of hydrogen-bond acceptors (Lipinski definition) is 3. The van der Waals surface area contributed by atoms with Crippen molar-refractivity contribution in [1.82, 2.24) is 10.6 Å². The van der Waals surface area contributed by atoms with E-state index in [1.807, 2.05) is 13.0 Å². The van der Waals surface area contributed by atoms with Crippen LogP contribution < -0.4 is 16.4 Å². The summed E-state index contributed by atoms with van der Waals surface area (Å²) in [7, 11) is 0. The van der Waals surface area contributed by atoms with Crippen molar-refractivity contribution in [3.63, 3.8) is 0 Å². The highest BCUT2D eigenvalue weighted by Gasteiger charge is 2.19. The largest absolute Gasteiger partial charge is 0.386 e. The average Bonchev–Trinajstić information content (AvgIpc) is 2.92. The normalized spacial score (nSPS) is 17.5. The molecule has 0 bridgehead atoms. The Bertz CT molecular complexity index is 1200. The Kier molecular flexibility index (Phi) is 14.3. The highest BCUT2D eigenvalue weighted by atomic mass is 19.4. The summed E-state index contributed by atoms with van der Waals surface area (Å²) in [6.07, 6.45) is 4.65. The quantitative estimate of drug-likeness (QED) is 0.167. The number of amidine groups is 1. The lowest BCUT2D eigenvalue weighted by molar-refractivity contribution is -0.110. The van der Waals surface area contributed by atoms with Crippen LogP contribution in [-0.2, 0) is 13.0 Å². The van der Waals surface area contributed by atoms with Gasteiger partial charge in [-0.1, -0.05) is 79.8 Å². The summed E-state index contributed by atoms with van der Waals surface area (Å²) in [5.41, 5.74) is 11.9. The topological polar surface area (TPSA) is 62.4 Å². The number of nitrogens with one attached hydrogen (secondary N) is 2. The van der Waals surface area contributed by atoms with Gasteiger partial charge in [-0.25, -0.2) is 0 Å². The number of benzene rings is 2. The Labute approximate surface area is 244 Å². The summed E-state index contributed by atoms with van der Waals surface area (Å²) < 4.78 is 31.1. The van der Waals surface area contributed by atoms with Crippen LogP contribution in [0.5, 0.6) is 0 Å². The van der Waals surface area contributed by atoms with Crippen molar-refractivity contribution in [2.75, 3.05) is 6.54 Å². The average molecular weight is 567 g/mol. The highest BCUT2D eigenvalue weighted by molar-refractivity contribution is 6.03. The second kappa shape index (κ2) is 17.3. The van der Waals surface area contributed by atoms with E-state index in [0.717, 1.165) is 74.4 Å². The fraction of sp³-hybridized carbons (Fsp3) is 0.441. The number of alkyl halides is 3. The molecule has 0 aliphatic heterocycles. The molecule has 1 aliphatic carbocycles. The van der Waals surface area contributed by atoms with Crippen molar-refractivity contribution in [2.24, 2.45) is 16.6 Å². The van der Waals surface area contributed by atoms with Crippen LogP contribution >= 0.6 is 0 Å². The number of aryl methyl sites for hydroxylation is 2. The van der Waals surface area contributed by atoms with Crippen LogP contribution in [0.4, 0.5) is 13.2 Å². The standard InChI is InChI=1S/C32H42N4.C2H3F3/c1-5-9-29-10-7-8-11-30(29)23-34-25(4)36-32(35-22-27-17-20-31(33)21-18-27)28(6-2)19-16-26-14-12-24(3)13-15-26;1-2(3,4)5/h6-8,10-15,27,31,34H,4-5,9,17-18,20-23,33H2,1-3H3,(H,35,36);1H3/b28-6-;. The molecule has 0 amide bonds. The lowest BCUT2D eigenvalue weighted by atomic mass is 9.86. The predicted molar refractivity (Wildman–Crippen MR) is 165 cm³/mol. The Morgan fingerprint density at radius 2 is 1.68 bits per heavy atom. The van der Waals surface area contributed by atoms with Gasteiger partial charge in [0, 0.05) is 31.6 Å². The van der Waals surface area contributed by atoms with Gasteiger partial charge in [0.1, 0.15) is 5.84 Å². The predicted octanol–water partition coefficient (Wildman–Crippen LogP) is 7.58. The Morgan fingerprint density at radius 3 is 2.27 bits per heavy atom. The lowest BCUT2D eigenvalue weighted by Gasteiger charge is -2.25. The van der Waals surface area contributed by atoms with Crippen molar-refractivity contribution in [2.45, 2.75) is 85.0 Å². The first-order valence-corrected chi connectivity index (χ1v) is 14.4. The van der Waals surface area contributed by atoms with Gasteiger partial charge in [-0.15, -0.1) is 0 Å². The molecule has 4 N–H and O–H groups in total. The second-order valence-electron chi connectivity index (χ2n) is 10.5. The highest BCUT2D eigenvalue weighted by Crippen LogP contribution is 2.23. The van der Waals surface area contributed by atoms with E-state index in [-0.39, 0.29) is 6.92 Å². The fourth-order valence-electron chi connectivity index (χ4n) is 4.46. The molecule has 7 heteroatoms. The third-order valence-electron chi connectivity index (χ3n) is 6.74. The molecule has 3 rings (SSSR count). The van der Waals surface area contributed by atoms with E-state index in [2.05, 4.69) is 91.4 Å². The molecule has 2 aromatic carbocycles. The van der Waals surface area contributed by atoms with Crippen LogP contribution in [0.1, 0.15) is 75.1 Å². The monoisotopic (exact) mass is 566 g/mol. The van der Waals surface area contributed by atoms with Gasteiger partial charge in [0.05, 0.1) is 11.4 Å². The molecule has 4 nitrogen and oxygen atoms in total. The minimum atomic E-state index is -4.00. The molecule has 0 unspecified atom stereocenters. The number of halogens is 3. The third-order valence-corrected chi connectivity index (χ3v) is 6.74. The first-order valence-electron chi connectivity index (χ1n) is 14.4. The number of allylic oxidation sites excluding steroid dienone is 1. The molecular formula is C34H45F3N4. The number of nitrogens with two attached hydrogens (primary N) is 1. The summed E-state index contributed by atoms with van der Waals surface area (Å²) in [4.78, 5) is 5.01. The van der Waals surface area contributed by atoms with Crippen molar-refractivity contribution < 1.29 is 13.2 Å². The Hall–Kier alpha value is -3.50. The van der Waals surface area contributed by atoms with Gasteiger partial charge >= 0.3 is 6.18 Å². The molecule has 0 aromatic heterocycles. The fourth-order valence-corrected chi connectivity index (χ4v) is 4.46. The van der Waals surface area contributed by atoms with Crippen molar-refractivity contribution in [3.05, 3.63) is 94.8 Å². The molecule has 0 heterocycles. The first kappa shape index (κ1) is 33.7. The zero-order valence-electron chi connectivity index (χ0n) is 24.9.